The van der Waals surface area contributed by atoms with Gasteiger partial charge in [0.1, 0.15) is 0 Å². The van der Waals surface area contributed by atoms with E-state index < -0.39 is 35.2 Å². The highest BCUT2D eigenvalue weighted by atomic mass is 28.5. The van der Waals surface area contributed by atoms with Crippen LogP contribution in [0.15, 0.2) is 0 Å². The summed E-state index contributed by atoms with van der Waals surface area (Å²) in [6.07, 6.45) is 3.77. The topological polar surface area (TPSA) is 27.7 Å². The predicted molar refractivity (Wildman–Crippen MR) is 94.4 cm³/mol. The zero-order valence-electron chi connectivity index (χ0n) is 14.2. The van der Waals surface area contributed by atoms with Crippen LogP contribution < -0.4 is 0 Å². The van der Waals surface area contributed by atoms with E-state index in [4.69, 9.17) is 12.3 Å². The Morgan fingerprint density at radius 2 is 1.42 bits per heavy atom. The summed E-state index contributed by atoms with van der Waals surface area (Å²) in [5, 5.41) is 0. The molecule has 0 aromatic rings. The highest BCUT2D eigenvalue weighted by molar-refractivity contribution is 6.81. The van der Waals surface area contributed by atoms with Crippen LogP contribution in [0.2, 0.25) is 51.9 Å². The zero-order valence-corrected chi connectivity index (χ0v) is 18.5. The van der Waals surface area contributed by atoms with E-state index in [1.54, 1.807) is 0 Å². The number of unbranched alkanes of at least 4 members (excludes halogenated alkanes) is 2. The molecule has 0 bridgehead atoms. The van der Waals surface area contributed by atoms with Gasteiger partial charge in [-0.2, -0.15) is 0 Å². The minimum Gasteiger partial charge on any atom is -0.440 e. The van der Waals surface area contributed by atoms with Gasteiger partial charge in [-0.25, -0.2) is 0 Å². The summed E-state index contributed by atoms with van der Waals surface area (Å²) in [7, 11) is -6.05. The Labute approximate surface area is 126 Å². The monoisotopic (exact) mass is 338 g/mol. The Hall–Kier alpha value is 0.748. The lowest BCUT2D eigenvalue weighted by Gasteiger charge is -2.33. The molecule has 0 radical (unpaired) electrons. The van der Waals surface area contributed by atoms with Crippen molar-refractivity contribution < 1.29 is 12.3 Å². The van der Waals surface area contributed by atoms with Crippen LogP contribution >= 0.6 is 0 Å². The predicted octanol–water partition coefficient (Wildman–Crippen LogP) is 3.97. The molecule has 0 aromatic heterocycles. The number of hydrogen-bond acceptors (Lipinski definition) is 3. The molecule has 0 fully saturated rings. The van der Waals surface area contributed by atoms with Gasteiger partial charge < -0.3 is 12.3 Å². The van der Waals surface area contributed by atoms with Crippen molar-refractivity contribution in [3.63, 3.8) is 0 Å². The lowest BCUT2D eigenvalue weighted by molar-refractivity contribution is 0.349. The highest BCUT2D eigenvalue weighted by Crippen LogP contribution is 2.18. The third-order valence-corrected chi connectivity index (χ3v) is 14.7. The van der Waals surface area contributed by atoms with Crippen molar-refractivity contribution in [2.45, 2.75) is 78.1 Å². The fraction of sp³-hybridized carbons (Fsp3) is 1.00. The summed E-state index contributed by atoms with van der Waals surface area (Å²) >= 11 is 0. The standard InChI is InChI=1S/C12H34O3Si4/c1-9-10-11-12-17(14-18(4,5)6)15-19(7,8)13-16(2)3/h16-17H,9-12H2,1-8H3. The van der Waals surface area contributed by atoms with Crippen molar-refractivity contribution in [2.75, 3.05) is 0 Å². The first-order valence-corrected chi connectivity index (χ1v) is 18.4. The van der Waals surface area contributed by atoms with Crippen molar-refractivity contribution in [1.82, 2.24) is 0 Å². The van der Waals surface area contributed by atoms with Crippen LogP contribution in [0.25, 0.3) is 0 Å². The van der Waals surface area contributed by atoms with Crippen LogP contribution in [0.1, 0.15) is 26.2 Å². The summed E-state index contributed by atoms with van der Waals surface area (Å²) in [5.41, 5.74) is 0. The van der Waals surface area contributed by atoms with Crippen molar-refractivity contribution in [3.8, 4) is 0 Å². The quantitative estimate of drug-likeness (QED) is 0.445. The molecule has 1 unspecified atom stereocenters. The first kappa shape index (κ1) is 19.7. The van der Waals surface area contributed by atoms with Gasteiger partial charge in [-0.05, 0) is 51.9 Å². The molecule has 0 saturated heterocycles. The van der Waals surface area contributed by atoms with E-state index in [1.807, 2.05) is 0 Å². The smallest absolute Gasteiger partial charge is 0.312 e. The fourth-order valence-electron chi connectivity index (χ4n) is 2.01. The van der Waals surface area contributed by atoms with Crippen LogP contribution in [0, 0.1) is 0 Å². The van der Waals surface area contributed by atoms with Crippen molar-refractivity contribution in [2.24, 2.45) is 0 Å². The molecule has 0 rings (SSSR count). The summed E-state index contributed by atoms with van der Waals surface area (Å²) in [5.74, 6) is 0. The van der Waals surface area contributed by atoms with Crippen molar-refractivity contribution >= 4 is 35.2 Å². The van der Waals surface area contributed by atoms with Gasteiger partial charge in [-0.3, -0.25) is 0 Å². The van der Waals surface area contributed by atoms with Gasteiger partial charge >= 0.3 is 17.8 Å². The first-order chi connectivity index (χ1) is 8.56. The third-order valence-electron chi connectivity index (χ3n) is 2.46. The molecule has 0 aliphatic heterocycles. The second-order valence-corrected chi connectivity index (χ2v) is 20.2. The third kappa shape index (κ3) is 12.2. The molecule has 0 N–H and O–H groups in total. The van der Waals surface area contributed by atoms with Crippen molar-refractivity contribution in [3.05, 3.63) is 0 Å². The van der Waals surface area contributed by atoms with E-state index >= 15 is 0 Å². The van der Waals surface area contributed by atoms with E-state index in [1.165, 1.54) is 19.3 Å². The average Bonchev–Trinajstić information content (AvgIpc) is 2.11. The molecular formula is C12H34O3Si4. The molecule has 116 valence electrons. The highest BCUT2D eigenvalue weighted by Gasteiger charge is 2.33. The van der Waals surface area contributed by atoms with Crippen LogP contribution in [-0.2, 0) is 12.3 Å². The van der Waals surface area contributed by atoms with E-state index in [9.17, 15) is 0 Å². The second-order valence-electron chi connectivity index (χ2n) is 6.84. The second kappa shape index (κ2) is 8.91. The molecule has 3 nitrogen and oxygen atoms in total. The van der Waals surface area contributed by atoms with Crippen molar-refractivity contribution in [1.29, 1.82) is 0 Å². The van der Waals surface area contributed by atoms with Crippen LogP contribution in [0.5, 0.6) is 0 Å². The Kier molecular flexibility index (Phi) is 9.26. The van der Waals surface area contributed by atoms with E-state index in [-0.39, 0.29) is 0 Å². The summed E-state index contributed by atoms with van der Waals surface area (Å²) in [6, 6.07) is 1.14. The fourth-order valence-corrected chi connectivity index (χ4v) is 15.1. The van der Waals surface area contributed by atoms with E-state index in [2.05, 4.69) is 52.8 Å². The molecule has 0 aliphatic carbocycles. The molecular weight excluding hydrogens is 304 g/mol. The maximum atomic E-state index is 6.37. The lowest BCUT2D eigenvalue weighted by atomic mass is 10.3. The SMILES string of the molecule is CCCCC[SiH](O[Si](C)(C)C)O[Si](C)(C)O[SiH](C)C. The van der Waals surface area contributed by atoms with Gasteiger partial charge in [0.25, 0.3) is 0 Å². The molecule has 0 spiro atoms. The minimum absolute atomic E-state index is 1.03. The maximum absolute atomic E-state index is 6.37. The largest absolute Gasteiger partial charge is 0.440 e. The van der Waals surface area contributed by atoms with Gasteiger partial charge in [0.05, 0.1) is 0 Å². The molecule has 19 heavy (non-hydrogen) atoms. The zero-order chi connectivity index (χ0) is 15.1. The molecule has 0 heterocycles. The molecule has 1 atom stereocenters. The van der Waals surface area contributed by atoms with Gasteiger partial charge in [-0.15, -0.1) is 0 Å². The summed E-state index contributed by atoms with van der Waals surface area (Å²) in [4.78, 5) is 0. The van der Waals surface area contributed by atoms with Gasteiger partial charge in [-0.1, -0.05) is 26.2 Å². The minimum atomic E-state index is -1.97. The molecule has 0 saturated carbocycles. The summed E-state index contributed by atoms with van der Waals surface area (Å²) < 4.78 is 18.8. The van der Waals surface area contributed by atoms with Crippen LogP contribution in [-0.4, -0.2) is 35.2 Å². The molecule has 0 aliphatic rings. The Balaban J connectivity index is 4.46. The van der Waals surface area contributed by atoms with E-state index in [0.717, 1.165) is 6.04 Å². The van der Waals surface area contributed by atoms with Crippen LogP contribution in [0.4, 0.5) is 0 Å². The average molecular weight is 339 g/mol. The Morgan fingerprint density at radius 3 is 1.84 bits per heavy atom. The first-order valence-electron chi connectivity index (χ1n) is 7.59. The molecule has 0 amide bonds. The lowest BCUT2D eigenvalue weighted by Crippen LogP contribution is -2.47. The molecule has 0 aromatic carbocycles. The Morgan fingerprint density at radius 1 is 0.842 bits per heavy atom. The number of rotatable bonds is 10. The Bertz CT molecular complexity index is 242. The summed E-state index contributed by atoms with van der Waals surface area (Å²) in [6.45, 7) is 17.8. The number of hydrogen-bond donors (Lipinski definition) is 0. The van der Waals surface area contributed by atoms with Crippen LogP contribution in [0.3, 0.4) is 0 Å². The molecule has 7 heteroatoms. The van der Waals surface area contributed by atoms with Gasteiger partial charge in [0.2, 0.25) is 0 Å². The maximum Gasteiger partial charge on any atom is 0.312 e. The normalized spacial score (nSPS) is 15.0. The van der Waals surface area contributed by atoms with Gasteiger partial charge in [0.15, 0.2) is 17.4 Å². The van der Waals surface area contributed by atoms with E-state index in [0.29, 0.717) is 0 Å². The van der Waals surface area contributed by atoms with Gasteiger partial charge in [0, 0.05) is 0 Å².